The Morgan fingerprint density at radius 2 is 1.92 bits per heavy atom. The van der Waals surface area contributed by atoms with Gasteiger partial charge in [0, 0.05) is 12.1 Å². The van der Waals surface area contributed by atoms with Crippen molar-refractivity contribution in [3.8, 4) is 11.5 Å². The highest BCUT2D eigenvalue weighted by molar-refractivity contribution is 7.22. The predicted octanol–water partition coefficient (Wildman–Crippen LogP) is 2.50. The Bertz CT molecular complexity index is 214. The third-order valence-corrected chi connectivity index (χ3v) is 1.20. The molecule has 0 fully saturated rings. The lowest BCUT2D eigenvalue weighted by Crippen LogP contribution is -1.85. The van der Waals surface area contributed by atoms with E-state index in [-0.39, 0.29) is 0 Å². The number of hydrogen-bond acceptors (Lipinski definition) is 2. The van der Waals surface area contributed by atoms with Crippen molar-refractivity contribution in [1.29, 1.82) is 0 Å². The van der Waals surface area contributed by atoms with Gasteiger partial charge in [0.2, 0.25) is 0 Å². The highest BCUT2D eigenvalue weighted by Gasteiger charge is 1.92. The zero-order valence-corrected chi connectivity index (χ0v) is 10.4. The zero-order valence-electron chi connectivity index (χ0n) is 7.51. The third kappa shape index (κ3) is 6.27. The van der Waals surface area contributed by atoms with Crippen LogP contribution in [0.25, 0.3) is 0 Å². The first kappa shape index (κ1) is 13.2. The summed E-state index contributed by atoms with van der Waals surface area (Å²) in [6, 6.07) is 8.25. The SMILES string of the molecule is COc1[c]ccc(OC)c1.[Cl][Mg][Cl]. The van der Waals surface area contributed by atoms with Crippen LogP contribution >= 0.6 is 18.1 Å². The lowest BCUT2D eigenvalue weighted by atomic mass is 10.3. The molecule has 0 amide bonds. The molecule has 69 valence electrons. The Morgan fingerprint density at radius 3 is 2.38 bits per heavy atom. The Hall–Kier alpha value is 0.166. The molecule has 0 spiro atoms. The van der Waals surface area contributed by atoms with Gasteiger partial charge in [0.25, 0.3) is 0 Å². The average molecular weight is 232 g/mol. The summed E-state index contributed by atoms with van der Waals surface area (Å²) >= 11 is -0.639. The highest BCUT2D eigenvalue weighted by atomic mass is 35.6. The van der Waals surface area contributed by atoms with Crippen LogP contribution in [0.4, 0.5) is 0 Å². The summed E-state index contributed by atoms with van der Waals surface area (Å²) in [4.78, 5) is 0. The molecule has 0 saturated carbocycles. The average Bonchev–Trinajstić information content (AvgIpc) is 2.19. The molecule has 0 aliphatic rings. The van der Waals surface area contributed by atoms with Crippen molar-refractivity contribution in [2.45, 2.75) is 0 Å². The van der Waals surface area contributed by atoms with Crippen LogP contribution < -0.4 is 9.47 Å². The summed E-state index contributed by atoms with van der Waals surface area (Å²) in [6.45, 7) is 0. The Balaban J connectivity index is 0.000000424. The van der Waals surface area contributed by atoms with Crippen LogP contribution in [-0.2, 0) is 0 Å². The van der Waals surface area contributed by atoms with Gasteiger partial charge in [-0.15, -0.1) is 0 Å². The predicted molar refractivity (Wildman–Crippen MR) is 55.8 cm³/mol. The highest BCUT2D eigenvalue weighted by Crippen LogP contribution is 2.16. The quantitative estimate of drug-likeness (QED) is 0.729. The molecule has 0 aliphatic heterocycles. The molecule has 0 bridgehead atoms. The largest absolute Gasteiger partial charge is 0.618 e. The van der Waals surface area contributed by atoms with Gasteiger partial charge in [-0.1, -0.05) is 0 Å². The second kappa shape index (κ2) is 8.75. The number of hydrogen-bond donors (Lipinski definition) is 0. The summed E-state index contributed by atoms with van der Waals surface area (Å²) in [5.74, 6) is 1.48. The lowest BCUT2D eigenvalue weighted by Gasteiger charge is -2.00. The van der Waals surface area contributed by atoms with E-state index < -0.39 is 18.2 Å². The van der Waals surface area contributed by atoms with Crippen LogP contribution in [0.3, 0.4) is 0 Å². The molecule has 1 rings (SSSR count). The fraction of sp³-hybridized carbons (Fsp3) is 0.250. The molecule has 0 heterocycles. The Morgan fingerprint density at radius 1 is 1.31 bits per heavy atom. The van der Waals surface area contributed by atoms with Crippen LogP contribution in [0, 0.1) is 6.07 Å². The number of halogens is 2. The molecule has 0 aromatic heterocycles. The van der Waals surface area contributed by atoms with Crippen molar-refractivity contribution in [3.63, 3.8) is 0 Å². The topological polar surface area (TPSA) is 18.5 Å². The molecule has 1 aromatic rings. The number of ether oxygens (including phenoxy) is 2. The standard InChI is InChI=1S/C8H9O2.2ClH.Mg/c1-9-7-4-3-5-8(6-7)10-2;;;/h3-4,6H,1-2H3;2*1H;/q;;;+2/p-2. The number of rotatable bonds is 2. The fourth-order valence-electron chi connectivity index (χ4n) is 0.670. The summed E-state index contributed by atoms with van der Waals surface area (Å²) in [6.07, 6.45) is 0. The van der Waals surface area contributed by atoms with Crippen LogP contribution in [0.5, 0.6) is 11.5 Å². The van der Waals surface area contributed by atoms with E-state index in [9.17, 15) is 0 Å². The van der Waals surface area contributed by atoms with E-state index in [1.165, 1.54) is 0 Å². The number of benzene rings is 1. The van der Waals surface area contributed by atoms with Crippen LogP contribution in [-0.4, -0.2) is 32.4 Å². The molecule has 5 heteroatoms. The number of methoxy groups -OCH3 is 2. The monoisotopic (exact) mass is 231 g/mol. The lowest BCUT2D eigenvalue weighted by molar-refractivity contribution is 0.394. The van der Waals surface area contributed by atoms with Gasteiger partial charge in [-0.05, 0) is 12.1 Å². The van der Waals surface area contributed by atoms with Gasteiger partial charge in [-0.2, -0.15) is 0 Å². The maximum absolute atomic E-state index is 4.96. The maximum atomic E-state index is 4.96. The molecule has 2 nitrogen and oxygen atoms in total. The van der Waals surface area contributed by atoms with Gasteiger partial charge in [0.15, 0.2) is 0 Å². The van der Waals surface area contributed by atoms with Gasteiger partial charge in [0.05, 0.1) is 14.2 Å². The maximum Gasteiger partial charge on any atom is 0.618 e. The van der Waals surface area contributed by atoms with E-state index in [4.69, 9.17) is 27.6 Å². The van der Waals surface area contributed by atoms with E-state index in [0.29, 0.717) is 5.75 Å². The van der Waals surface area contributed by atoms with Gasteiger partial charge in [-0.3, -0.25) is 0 Å². The molecule has 0 atom stereocenters. The molecule has 0 aliphatic carbocycles. The molecule has 1 aromatic carbocycles. The minimum Gasteiger partial charge on any atom is -0.497 e. The minimum absolute atomic E-state index is 0.639. The normalized spacial score (nSPS) is 7.69. The van der Waals surface area contributed by atoms with Crippen molar-refractivity contribution < 1.29 is 9.47 Å². The first-order valence-corrected chi connectivity index (χ1v) is 7.77. The first-order chi connectivity index (χ1) is 6.28. The van der Waals surface area contributed by atoms with E-state index in [1.807, 2.05) is 6.07 Å². The molecule has 13 heavy (non-hydrogen) atoms. The third-order valence-electron chi connectivity index (χ3n) is 1.20. The van der Waals surface area contributed by atoms with Gasteiger partial charge < -0.3 is 27.6 Å². The van der Waals surface area contributed by atoms with Gasteiger partial charge >= 0.3 is 18.2 Å². The summed E-state index contributed by atoms with van der Waals surface area (Å²) in [7, 11) is 13.0. The van der Waals surface area contributed by atoms with Crippen molar-refractivity contribution in [2.75, 3.05) is 14.2 Å². The molecule has 0 N–H and O–H groups in total. The van der Waals surface area contributed by atoms with Gasteiger partial charge in [-0.25, -0.2) is 0 Å². The van der Waals surface area contributed by atoms with Gasteiger partial charge in [0.1, 0.15) is 11.5 Å². The molecular formula is C8H9Cl2MgO2. The fourth-order valence-corrected chi connectivity index (χ4v) is 0.670. The smallest absolute Gasteiger partial charge is 0.497 e. The second-order valence-corrected chi connectivity index (χ2v) is 4.52. The van der Waals surface area contributed by atoms with Crippen LogP contribution in [0.15, 0.2) is 18.2 Å². The molecule has 1 radical (unpaired) electrons. The van der Waals surface area contributed by atoms with Crippen molar-refractivity contribution in [1.82, 2.24) is 0 Å². The summed E-state index contributed by atoms with van der Waals surface area (Å²) in [5.41, 5.74) is 0. The minimum atomic E-state index is -0.639. The summed E-state index contributed by atoms with van der Waals surface area (Å²) in [5, 5.41) is 0. The van der Waals surface area contributed by atoms with E-state index in [0.717, 1.165) is 5.75 Å². The van der Waals surface area contributed by atoms with Crippen molar-refractivity contribution >= 4 is 36.3 Å². The molecule has 0 unspecified atom stereocenters. The van der Waals surface area contributed by atoms with E-state index in [1.54, 1.807) is 26.4 Å². The first-order valence-electron chi connectivity index (χ1n) is 3.50. The van der Waals surface area contributed by atoms with E-state index >= 15 is 0 Å². The second-order valence-electron chi connectivity index (χ2n) is 1.90. The van der Waals surface area contributed by atoms with Crippen molar-refractivity contribution in [3.05, 3.63) is 24.3 Å². The van der Waals surface area contributed by atoms with E-state index in [2.05, 4.69) is 6.07 Å². The van der Waals surface area contributed by atoms with Crippen LogP contribution in [0.1, 0.15) is 0 Å². The van der Waals surface area contributed by atoms with Crippen LogP contribution in [0.2, 0.25) is 0 Å². The van der Waals surface area contributed by atoms with Crippen molar-refractivity contribution in [2.24, 2.45) is 0 Å². The molecular weight excluding hydrogens is 223 g/mol. The Kier molecular flexibility index (Phi) is 8.86. The summed E-state index contributed by atoms with van der Waals surface area (Å²) < 4.78 is 9.88. The zero-order chi connectivity index (χ0) is 10.1. The Labute approximate surface area is 95.4 Å². The molecule has 0 saturated heterocycles.